The first-order valence-electron chi connectivity index (χ1n) is 6.68. The molecule has 0 saturated carbocycles. The van der Waals surface area contributed by atoms with Crippen LogP contribution in [0.1, 0.15) is 16.6 Å². The maximum absolute atomic E-state index is 6.30. The van der Waals surface area contributed by atoms with Gasteiger partial charge in [0, 0.05) is 15.8 Å². The number of aromatic nitrogens is 1. The zero-order valence-electron chi connectivity index (χ0n) is 11.7. The molecule has 0 radical (unpaired) electrons. The number of thiazole rings is 1. The lowest BCUT2D eigenvalue weighted by Crippen LogP contribution is -2.11. The van der Waals surface area contributed by atoms with Gasteiger partial charge in [-0.25, -0.2) is 4.98 Å². The van der Waals surface area contributed by atoms with Gasteiger partial charge in [-0.3, -0.25) is 0 Å². The van der Waals surface area contributed by atoms with Crippen molar-refractivity contribution in [3.8, 4) is 11.3 Å². The zero-order chi connectivity index (χ0) is 14.7. The highest BCUT2D eigenvalue weighted by Gasteiger charge is 2.13. The van der Waals surface area contributed by atoms with Gasteiger partial charge in [0.2, 0.25) is 0 Å². The van der Waals surface area contributed by atoms with Crippen molar-refractivity contribution >= 4 is 23.1 Å². The molecule has 106 valence electrons. The molecule has 2 N–H and O–H groups in total. The molecular weight excluding hydrogens is 296 g/mol. The van der Waals surface area contributed by atoms with Crippen LogP contribution in [0.15, 0.2) is 64.9 Å². The molecule has 1 aromatic heterocycles. The molecular formula is C17H16N2S2. The minimum atomic E-state index is -0.157. The molecule has 2 nitrogen and oxygen atoms in total. The predicted octanol–water partition coefficient (Wildman–Crippen LogP) is 4.58. The van der Waals surface area contributed by atoms with E-state index in [1.807, 2.05) is 30.3 Å². The summed E-state index contributed by atoms with van der Waals surface area (Å²) in [5.74, 6) is 0. The number of nitrogens with zero attached hydrogens (tertiary/aromatic N) is 1. The highest BCUT2D eigenvalue weighted by atomic mass is 32.2. The normalized spacial score (nSPS) is 12.3. The Morgan fingerprint density at radius 2 is 1.76 bits per heavy atom. The Labute approximate surface area is 133 Å². The second-order valence-corrected chi connectivity index (χ2v) is 6.46. The lowest BCUT2D eigenvalue weighted by Gasteiger charge is -2.08. The fraction of sp³-hybridized carbons (Fsp3) is 0.118. The number of hydrogen-bond acceptors (Lipinski definition) is 4. The summed E-state index contributed by atoms with van der Waals surface area (Å²) in [7, 11) is 0. The smallest absolute Gasteiger partial charge is 0.115 e. The first-order chi connectivity index (χ1) is 10.3. The minimum absolute atomic E-state index is 0.157. The Hall–Kier alpha value is -1.62. The van der Waals surface area contributed by atoms with Crippen LogP contribution >= 0.6 is 23.1 Å². The Morgan fingerprint density at radius 1 is 1.05 bits per heavy atom. The van der Waals surface area contributed by atoms with E-state index >= 15 is 0 Å². The van der Waals surface area contributed by atoms with Crippen molar-refractivity contribution < 1.29 is 0 Å². The second-order valence-electron chi connectivity index (χ2n) is 4.69. The van der Waals surface area contributed by atoms with E-state index in [1.54, 1.807) is 23.1 Å². The van der Waals surface area contributed by atoms with Crippen LogP contribution < -0.4 is 5.73 Å². The number of benzene rings is 2. The summed E-state index contributed by atoms with van der Waals surface area (Å²) in [5, 5.41) is 3.02. The number of thioether (sulfide) groups is 1. The lowest BCUT2D eigenvalue weighted by molar-refractivity contribution is 0.859. The van der Waals surface area contributed by atoms with Gasteiger partial charge >= 0.3 is 0 Å². The molecule has 0 saturated heterocycles. The van der Waals surface area contributed by atoms with Crippen LogP contribution in [0, 0.1) is 0 Å². The molecule has 21 heavy (non-hydrogen) atoms. The molecule has 4 heteroatoms. The Balaban J connectivity index is 1.85. The maximum atomic E-state index is 6.30. The average molecular weight is 312 g/mol. The Kier molecular flexibility index (Phi) is 4.39. The molecule has 0 amide bonds. The van der Waals surface area contributed by atoms with Crippen molar-refractivity contribution in [3.63, 3.8) is 0 Å². The topological polar surface area (TPSA) is 38.9 Å². The van der Waals surface area contributed by atoms with Crippen LogP contribution in [0.3, 0.4) is 0 Å². The molecule has 3 rings (SSSR count). The third-order valence-electron chi connectivity index (χ3n) is 3.33. The van der Waals surface area contributed by atoms with Crippen LogP contribution in [0.25, 0.3) is 11.3 Å². The van der Waals surface area contributed by atoms with E-state index < -0.39 is 0 Å². The summed E-state index contributed by atoms with van der Waals surface area (Å²) in [4.78, 5) is 5.96. The maximum Gasteiger partial charge on any atom is 0.115 e. The van der Waals surface area contributed by atoms with Gasteiger partial charge in [-0.2, -0.15) is 0 Å². The summed E-state index contributed by atoms with van der Waals surface area (Å²) in [6.07, 6.45) is 2.08. The summed E-state index contributed by atoms with van der Waals surface area (Å²) in [6.45, 7) is 0. The van der Waals surface area contributed by atoms with Crippen LogP contribution in [0.5, 0.6) is 0 Å². The first-order valence-corrected chi connectivity index (χ1v) is 8.79. The number of nitrogens with two attached hydrogens (primary N) is 1. The van der Waals surface area contributed by atoms with Crippen LogP contribution in [0.2, 0.25) is 0 Å². The van der Waals surface area contributed by atoms with Crippen molar-refractivity contribution in [3.05, 3.63) is 70.5 Å². The largest absolute Gasteiger partial charge is 0.318 e. The zero-order valence-corrected chi connectivity index (χ0v) is 13.3. The van der Waals surface area contributed by atoms with Gasteiger partial charge in [0.25, 0.3) is 0 Å². The molecule has 0 aliphatic heterocycles. The fourth-order valence-corrected chi connectivity index (χ4v) is 3.39. The predicted molar refractivity (Wildman–Crippen MR) is 91.8 cm³/mol. The van der Waals surface area contributed by atoms with Gasteiger partial charge in [0.05, 0.1) is 11.7 Å². The first kappa shape index (κ1) is 14.3. The van der Waals surface area contributed by atoms with Gasteiger partial charge in [-0.05, 0) is 24.0 Å². The molecule has 1 atom stereocenters. The molecule has 0 aliphatic carbocycles. The van der Waals surface area contributed by atoms with Crippen molar-refractivity contribution in [1.29, 1.82) is 0 Å². The number of rotatable bonds is 4. The molecule has 1 unspecified atom stereocenters. The molecule has 3 aromatic rings. The number of hydrogen-bond donors (Lipinski definition) is 1. The van der Waals surface area contributed by atoms with Gasteiger partial charge in [0.1, 0.15) is 5.01 Å². The summed E-state index contributed by atoms with van der Waals surface area (Å²) in [5.41, 5.74) is 9.52. The van der Waals surface area contributed by atoms with Gasteiger partial charge in [0.15, 0.2) is 0 Å². The van der Waals surface area contributed by atoms with Crippen molar-refractivity contribution in [2.45, 2.75) is 10.9 Å². The highest BCUT2D eigenvalue weighted by Crippen LogP contribution is 2.28. The Bertz CT molecular complexity index is 705. The summed E-state index contributed by atoms with van der Waals surface area (Å²) in [6, 6.07) is 18.4. The summed E-state index contributed by atoms with van der Waals surface area (Å²) < 4.78 is 0. The highest BCUT2D eigenvalue weighted by molar-refractivity contribution is 7.98. The standard InChI is InChI=1S/C17H16N2S2/c1-20-14-9-7-12(8-10-14)15-11-21-17(19-15)16(18)13-5-3-2-4-6-13/h2-11,16H,18H2,1H3. The van der Waals surface area contributed by atoms with E-state index in [0.29, 0.717) is 0 Å². The van der Waals surface area contributed by atoms with Crippen LogP contribution in [-0.2, 0) is 0 Å². The average Bonchev–Trinajstić information content (AvgIpc) is 3.05. The van der Waals surface area contributed by atoms with Crippen molar-refractivity contribution in [2.75, 3.05) is 6.26 Å². The van der Waals surface area contributed by atoms with E-state index in [2.05, 4.69) is 35.9 Å². The quantitative estimate of drug-likeness (QED) is 0.717. The van der Waals surface area contributed by atoms with E-state index in [4.69, 9.17) is 10.7 Å². The Morgan fingerprint density at radius 3 is 2.43 bits per heavy atom. The monoisotopic (exact) mass is 312 g/mol. The van der Waals surface area contributed by atoms with Crippen molar-refractivity contribution in [2.24, 2.45) is 5.73 Å². The minimum Gasteiger partial charge on any atom is -0.318 e. The van der Waals surface area contributed by atoms with E-state index in [1.165, 1.54) is 4.90 Å². The van der Waals surface area contributed by atoms with Gasteiger partial charge < -0.3 is 5.73 Å². The van der Waals surface area contributed by atoms with Gasteiger partial charge in [-0.1, -0.05) is 42.5 Å². The van der Waals surface area contributed by atoms with Crippen molar-refractivity contribution in [1.82, 2.24) is 4.98 Å². The molecule has 0 spiro atoms. The summed E-state index contributed by atoms with van der Waals surface area (Å²) >= 11 is 3.36. The van der Waals surface area contributed by atoms with E-state index in [0.717, 1.165) is 21.8 Å². The lowest BCUT2D eigenvalue weighted by atomic mass is 10.1. The van der Waals surface area contributed by atoms with Crippen LogP contribution in [0.4, 0.5) is 0 Å². The SMILES string of the molecule is CSc1ccc(-c2csc(C(N)c3ccccc3)n2)cc1. The van der Waals surface area contributed by atoms with Gasteiger partial charge in [-0.15, -0.1) is 23.1 Å². The molecule has 1 heterocycles. The third kappa shape index (κ3) is 3.18. The third-order valence-corrected chi connectivity index (χ3v) is 5.00. The molecule has 0 fully saturated rings. The molecule has 0 aliphatic rings. The van der Waals surface area contributed by atoms with Crippen LogP contribution in [-0.4, -0.2) is 11.2 Å². The van der Waals surface area contributed by atoms with E-state index in [9.17, 15) is 0 Å². The fourth-order valence-electron chi connectivity index (χ4n) is 2.13. The van der Waals surface area contributed by atoms with E-state index in [-0.39, 0.29) is 6.04 Å². The second kappa shape index (κ2) is 6.43. The molecule has 2 aromatic carbocycles. The molecule has 0 bridgehead atoms.